The Kier molecular flexibility index (Phi) is 8.66. The molecule has 38 heavy (non-hydrogen) atoms. The number of hydrogen-bond acceptors (Lipinski definition) is 3. The molecule has 4 rings (SSSR count). The standard InChI is InChI=1S/C31H37FN4O2/c1-21(2)27-6-5-7-28(22(3)4)30(27)34-31(38)33-25-12-14-26(15-13-25)35-16-18-36(19-17-35)29(37)20-23-8-10-24(32)11-9-23/h5-15,21-22H,16-20H2,1-4H3,(H2,33,34,38). The lowest BCUT2D eigenvalue weighted by Gasteiger charge is -2.36. The number of halogens is 1. The molecule has 1 aliphatic rings. The normalized spacial score (nSPS) is 13.7. The number of nitrogens with one attached hydrogen (secondary N) is 2. The molecular formula is C31H37FN4O2. The molecule has 1 aliphatic heterocycles. The number of urea groups is 1. The minimum absolute atomic E-state index is 0.0569. The van der Waals surface area contributed by atoms with Gasteiger partial charge >= 0.3 is 6.03 Å². The van der Waals surface area contributed by atoms with Crippen molar-refractivity contribution in [3.63, 3.8) is 0 Å². The van der Waals surface area contributed by atoms with Gasteiger partial charge in [-0.05, 0) is 64.9 Å². The summed E-state index contributed by atoms with van der Waals surface area (Å²) in [4.78, 5) is 29.6. The van der Waals surface area contributed by atoms with E-state index in [9.17, 15) is 14.0 Å². The van der Waals surface area contributed by atoms with Gasteiger partial charge in [-0.3, -0.25) is 4.79 Å². The minimum Gasteiger partial charge on any atom is -0.368 e. The molecule has 1 heterocycles. The summed E-state index contributed by atoms with van der Waals surface area (Å²) in [7, 11) is 0. The van der Waals surface area contributed by atoms with E-state index in [1.54, 1.807) is 12.1 Å². The zero-order valence-corrected chi connectivity index (χ0v) is 22.6. The molecule has 3 aromatic carbocycles. The van der Waals surface area contributed by atoms with Crippen LogP contribution >= 0.6 is 0 Å². The van der Waals surface area contributed by atoms with Crippen molar-refractivity contribution in [3.8, 4) is 0 Å². The molecule has 0 radical (unpaired) electrons. The fourth-order valence-corrected chi connectivity index (χ4v) is 4.83. The maximum absolute atomic E-state index is 13.1. The molecular weight excluding hydrogens is 479 g/mol. The number of nitrogens with zero attached hydrogens (tertiary/aromatic N) is 2. The molecule has 0 bridgehead atoms. The predicted molar refractivity (Wildman–Crippen MR) is 153 cm³/mol. The van der Waals surface area contributed by atoms with E-state index in [0.717, 1.165) is 41.2 Å². The van der Waals surface area contributed by atoms with Gasteiger partial charge in [0, 0.05) is 43.2 Å². The topological polar surface area (TPSA) is 64.7 Å². The Morgan fingerprint density at radius 3 is 1.92 bits per heavy atom. The van der Waals surface area contributed by atoms with E-state index in [-0.39, 0.29) is 24.2 Å². The van der Waals surface area contributed by atoms with Crippen LogP contribution in [0.2, 0.25) is 0 Å². The SMILES string of the molecule is CC(C)c1cccc(C(C)C)c1NC(=O)Nc1ccc(N2CCN(C(=O)Cc3ccc(F)cc3)CC2)cc1. The summed E-state index contributed by atoms with van der Waals surface area (Å²) in [6, 6.07) is 19.8. The van der Waals surface area contributed by atoms with Crippen LogP contribution in [-0.4, -0.2) is 43.0 Å². The third kappa shape index (κ3) is 6.71. The van der Waals surface area contributed by atoms with Crippen molar-refractivity contribution in [1.82, 2.24) is 4.90 Å². The fourth-order valence-electron chi connectivity index (χ4n) is 4.83. The van der Waals surface area contributed by atoms with Crippen molar-refractivity contribution < 1.29 is 14.0 Å². The Morgan fingerprint density at radius 1 is 0.789 bits per heavy atom. The highest BCUT2D eigenvalue weighted by atomic mass is 19.1. The molecule has 200 valence electrons. The van der Waals surface area contributed by atoms with Crippen molar-refractivity contribution >= 4 is 29.0 Å². The number of carbonyl (C=O) groups is 2. The third-order valence-electron chi connectivity index (χ3n) is 7.00. The molecule has 1 fully saturated rings. The number of carbonyl (C=O) groups excluding carboxylic acids is 2. The number of anilines is 3. The Bertz CT molecular complexity index is 1220. The number of amides is 3. The first-order valence-corrected chi connectivity index (χ1v) is 13.3. The quantitative estimate of drug-likeness (QED) is 0.372. The van der Waals surface area contributed by atoms with E-state index in [4.69, 9.17) is 0 Å². The van der Waals surface area contributed by atoms with Gasteiger partial charge in [0.25, 0.3) is 0 Å². The van der Waals surface area contributed by atoms with Gasteiger partial charge in [-0.1, -0.05) is 58.0 Å². The van der Waals surface area contributed by atoms with Gasteiger partial charge in [0.2, 0.25) is 5.91 Å². The van der Waals surface area contributed by atoms with E-state index in [0.29, 0.717) is 30.6 Å². The second-order valence-electron chi connectivity index (χ2n) is 10.4. The molecule has 7 heteroatoms. The van der Waals surface area contributed by atoms with Gasteiger partial charge < -0.3 is 20.4 Å². The Balaban J connectivity index is 1.31. The van der Waals surface area contributed by atoms with Crippen molar-refractivity contribution in [1.29, 1.82) is 0 Å². The van der Waals surface area contributed by atoms with Crippen LogP contribution in [0.3, 0.4) is 0 Å². The summed E-state index contributed by atoms with van der Waals surface area (Å²) in [5.41, 5.74) is 5.72. The summed E-state index contributed by atoms with van der Waals surface area (Å²) in [6.07, 6.45) is 0.281. The molecule has 0 unspecified atom stereocenters. The largest absolute Gasteiger partial charge is 0.368 e. The van der Waals surface area contributed by atoms with Gasteiger partial charge in [0.05, 0.1) is 6.42 Å². The summed E-state index contributed by atoms with van der Waals surface area (Å²) < 4.78 is 13.1. The van der Waals surface area contributed by atoms with E-state index in [1.165, 1.54) is 12.1 Å². The molecule has 2 N–H and O–H groups in total. The van der Waals surface area contributed by atoms with Gasteiger partial charge in [-0.2, -0.15) is 0 Å². The highest BCUT2D eigenvalue weighted by molar-refractivity contribution is 6.01. The molecule has 0 saturated carbocycles. The van der Waals surface area contributed by atoms with Gasteiger partial charge in [0.15, 0.2) is 0 Å². The molecule has 6 nitrogen and oxygen atoms in total. The van der Waals surface area contributed by atoms with Crippen LogP contribution in [0.5, 0.6) is 0 Å². The minimum atomic E-state index is -0.298. The lowest BCUT2D eigenvalue weighted by atomic mass is 9.93. The number of para-hydroxylation sites is 1. The van der Waals surface area contributed by atoms with E-state index < -0.39 is 0 Å². The lowest BCUT2D eigenvalue weighted by Crippen LogP contribution is -2.49. The molecule has 0 spiro atoms. The molecule has 0 atom stereocenters. The van der Waals surface area contributed by atoms with Crippen molar-refractivity contribution in [3.05, 3.63) is 89.2 Å². The smallest absolute Gasteiger partial charge is 0.323 e. The first-order valence-electron chi connectivity index (χ1n) is 13.3. The Hall–Kier alpha value is -3.87. The summed E-state index contributed by atoms with van der Waals surface area (Å²) in [5, 5.41) is 6.04. The molecule has 3 amide bonds. The van der Waals surface area contributed by atoms with Crippen molar-refractivity contribution in [2.75, 3.05) is 41.7 Å². The second kappa shape index (κ2) is 12.1. The van der Waals surface area contributed by atoms with Crippen LogP contribution in [0.1, 0.15) is 56.2 Å². The van der Waals surface area contributed by atoms with Gasteiger partial charge in [0.1, 0.15) is 5.82 Å². The number of benzene rings is 3. The fraction of sp³-hybridized carbons (Fsp3) is 0.355. The summed E-state index contributed by atoms with van der Waals surface area (Å²) >= 11 is 0. The van der Waals surface area contributed by atoms with Crippen LogP contribution in [-0.2, 0) is 11.2 Å². The van der Waals surface area contributed by atoms with E-state index >= 15 is 0 Å². The number of hydrogen-bond donors (Lipinski definition) is 2. The Labute approximate surface area is 224 Å². The first kappa shape index (κ1) is 27.2. The van der Waals surface area contributed by atoms with Crippen LogP contribution in [0, 0.1) is 5.82 Å². The number of piperazine rings is 1. The molecule has 0 aliphatic carbocycles. The zero-order valence-electron chi connectivity index (χ0n) is 22.6. The highest BCUT2D eigenvalue weighted by Gasteiger charge is 2.22. The van der Waals surface area contributed by atoms with Crippen LogP contribution in [0.15, 0.2) is 66.7 Å². The first-order chi connectivity index (χ1) is 18.2. The van der Waals surface area contributed by atoms with E-state index in [2.05, 4.69) is 55.4 Å². The average Bonchev–Trinajstić information content (AvgIpc) is 2.90. The van der Waals surface area contributed by atoms with Crippen molar-refractivity contribution in [2.45, 2.75) is 46.0 Å². The predicted octanol–water partition coefficient (Wildman–Crippen LogP) is 6.61. The summed E-state index contributed by atoms with van der Waals surface area (Å²) in [5.74, 6) is 0.346. The molecule has 0 aromatic heterocycles. The average molecular weight is 517 g/mol. The van der Waals surface area contributed by atoms with Crippen LogP contribution in [0.25, 0.3) is 0 Å². The zero-order chi connectivity index (χ0) is 27.2. The third-order valence-corrected chi connectivity index (χ3v) is 7.00. The monoisotopic (exact) mass is 516 g/mol. The Morgan fingerprint density at radius 2 is 1.37 bits per heavy atom. The van der Waals surface area contributed by atoms with E-state index in [1.807, 2.05) is 35.2 Å². The molecule has 1 saturated heterocycles. The lowest BCUT2D eigenvalue weighted by molar-refractivity contribution is -0.130. The maximum atomic E-state index is 13.1. The van der Waals surface area contributed by atoms with Crippen LogP contribution < -0.4 is 15.5 Å². The molecule has 3 aromatic rings. The van der Waals surface area contributed by atoms with Crippen molar-refractivity contribution in [2.24, 2.45) is 0 Å². The summed E-state index contributed by atoms with van der Waals surface area (Å²) in [6.45, 7) is 11.2. The van der Waals surface area contributed by atoms with Gasteiger partial charge in [-0.15, -0.1) is 0 Å². The highest BCUT2D eigenvalue weighted by Crippen LogP contribution is 2.32. The number of rotatable bonds is 7. The maximum Gasteiger partial charge on any atom is 0.323 e. The van der Waals surface area contributed by atoms with Gasteiger partial charge in [-0.25, -0.2) is 9.18 Å². The second-order valence-corrected chi connectivity index (χ2v) is 10.4. The van der Waals surface area contributed by atoms with Crippen LogP contribution in [0.4, 0.5) is 26.2 Å².